The van der Waals surface area contributed by atoms with E-state index in [0.29, 0.717) is 18.5 Å². The van der Waals surface area contributed by atoms with Crippen LogP contribution in [0.5, 0.6) is 0 Å². The Hall–Kier alpha value is -1.11. The lowest BCUT2D eigenvalue weighted by molar-refractivity contribution is -0.243. The molecule has 6 nitrogen and oxygen atoms in total. The second-order valence-corrected chi connectivity index (χ2v) is 8.04. The van der Waals surface area contributed by atoms with Crippen LogP contribution in [0.25, 0.3) is 0 Å². The molecule has 0 amide bonds. The highest BCUT2D eigenvalue weighted by Gasteiger charge is 2.50. The summed E-state index contributed by atoms with van der Waals surface area (Å²) in [5.41, 5.74) is -1.16. The molecular formula is C18H30ClN2O4. The monoisotopic (exact) mass is 373 g/mol. The molecule has 1 aliphatic rings. The fourth-order valence-electron chi connectivity index (χ4n) is 3.15. The maximum absolute atomic E-state index is 12.3. The van der Waals surface area contributed by atoms with E-state index in [4.69, 9.17) is 16.7 Å². The fourth-order valence-corrected chi connectivity index (χ4v) is 3.52. The highest BCUT2D eigenvalue weighted by atomic mass is 35.5. The Morgan fingerprint density at radius 3 is 1.92 bits per heavy atom. The number of carbonyl (C=O) groups excluding carboxylic acids is 1. The Morgan fingerprint density at radius 1 is 1.00 bits per heavy atom. The van der Waals surface area contributed by atoms with Gasteiger partial charge in [-0.25, -0.2) is 0 Å². The number of carboxylic acids is 1. The zero-order valence-corrected chi connectivity index (χ0v) is 16.4. The molecule has 0 saturated carbocycles. The Labute approximate surface area is 155 Å². The number of Topliss-reactive ketones (excluding diaryl/α,β-unsaturated/α-hetero) is 1. The number of hydrogen-bond donors (Lipinski definition) is 2. The summed E-state index contributed by atoms with van der Waals surface area (Å²) in [6.07, 6.45) is 5.79. The van der Waals surface area contributed by atoms with Gasteiger partial charge in [0.2, 0.25) is 0 Å². The largest absolute Gasteiger partial charge is 0.481 e. The minimum absolute atomic E-state index is 0.123. The molecule has 0 aromatic rings. The van der Waals surface area contributed by atoms with Gasteiger partial charge < -0.3 is 10.4 Å². The smallest absolute Gasteiger partial charge is 0.303 e. The van der Waals surface area contributed by atoms with Crippen LogP contribution in [-0.2, 0) is 14.8 Å². The second-order valence-electron chi connectivity index (χ2n) is 7.66. The minimum atomic E-state index is -0.861. The minimum Gasteiger partial charge on any atom is -0.481 e. The molecular weight excluding hydrogens is 344 g/mol. The number of ketones is 1. The molecule has 1 heterocycles. The highest BCUT2D eigenvalue weighted by Crippen LogP contribution is 2.38. The van der Waals surface area contributed by atoms with Gasteiger partial charge in [0, 0.05) is 12.8 Å². The van der Waals surface area contributed by atoms with Crippen LogP contribution in [0.2, 0.25) is 0 Å². The third-order valence-corrected chi connectivity index (χ3v) is 4.97. The van der Waals surface area contributed by atoms with Crippen molar-refractivity contribution >= 4 is 23.4 Å². The van der Waals surface area contributed by atoms with Gasteiger partial charge in [0.15, 0.2) is 5.78 Å². The normalized spacial score (nSPS) is 21.0. The van der Waals surface area contributed by atoms with Crippen molar-refractivity contribution in [2.45, 2.75) is 90.3 Å². The number of carbonyl (C=O) groups is 2. The lowest BCUT2D eigenvalue weighted by Crippen LogP contribution is -2.47. The molecule has 25 heavy (non-hydrogen) atoms. The third kappa shape index (κ3) is 5.97. The summed E-state index contributed by atoms with van der Waals surface area (Å²) in [4.78, 5) is 22.7. The number of rotatable bonds is 10. The first-order valence-electron chi connectivity index (χ1n) is 8.91. The molecule has 0 aliphatic carbocycles. The third-order valence-electron chi connectivity index (χ3n) is 4.57. The molecule has 1 rings (SSSR count). The molecule has 0 aromatic carbocycles. The van der Waals surface area contributed by atoms with Crippen LogP contribution < -0.4 is 5.32 Å². The van der Waals surface area contributed by atoms with Crippen LogP contribution in [0.3, 0.4) is 0 Å². The van der Waals surface area contributed by atoms with Gasteiger partial charge in [-0.15, -0.1) is 10.3 Å². The van der Waals surface area contributed by atoms with Gasteiger partial charge in [-0.3, -0.25) is 9.59 Å². The molecule has 1 aliphatic heterocycles. The molecule has 1 radical (unpaired) electrons. The molecule has 143 valence electrons. The van der Waals surface area contributed by atoms with Crippen LogP contribution in [0.4, 0.5) is 0 Å². The number of halogens is 1. The van der Waals surface area contributed by atoms with Gasteiger partial charge in [-0.1, -0.05) is 37.3 Å². The first-order valence-corrected chi connectivity index (χ1v) is 9.29. The van der Waals surface area contributed by atoms with Crippen LogP contribution in [0.1, 0.15) is 79.1 Å². The number of aliphatic carboxylic acids is 1. The van der Waals surface area contributed by atoms with Gasteiger partial charge in [0.05, 0.1) is 11.2 Å². The average molecular weight is 374 g/mol. The van der Waals surface area contributed by atoms with Crippen LogP contribution in [0.15, 0.2) is 10.7 Å². The zero-order valence-electron chi connectivity index (χ0n) is 15.7. The quantitative estimate of drug-likeness (QED) is 0.446. The summed E-state index contributed by atoms with van der Waals surface area (Å²) in [5, 5.41) is 25.0. The predicted octanol–water partition coefficient (Wildman–Crippen LogP) is 3.98. The molecule has 0 aromatic heterocycles. The number of unbranched alkanes of at least 4 members (excludes halogenated alkanes) is 5. The van der Waals surface area contributed by atoms with Gasteiger partial charge >= 0.3 is 5.97 Å². The predicted molar refractivity (Wildman–Crippen MR) is 96.3 cm³/mol. The molecule has 0 spiro atoms. The van der Waals surface area contributed by atoms with E-state index in [1.807, 2.05) is 0 Å². The number of carboxylic acid groups (broad SMARTS) is 1. The molecule has 1 fully saturated rings. The number of nitrogens with zero attached hydrogens (tertiary/aromatic N) is 1. The Bertz CT molecular complexity index is 529. The van der Waals surface area contributed by atoms with Crippen LogP contribution in [-0.4, -0.2) is 33.1 Å². The van der Waals surface area contributed by atoms with E-state index in [-0.39, 0.29) is 17.2 Å². The average Bonchev–Trinajstić information content (AvgIpc) is 2.68. The molecule has 0 bridgehead atoms. The van der Waals surface area contributed by atoms with Gasteiger partial charge in [0.1, 0.15) is 10.7 Å². The Morgan fingerprint density at radius 2 is 1.48 bits per heavy atom. The molecule has 0 unspecified atom stereocenters. The Balaban J connectivity index is 2.41. The fraction of sp³-hybridized carbons (Fsp3) is 0.778. The van der Waals surface area contributed by atoms with Gasteiger partial charge in [0.25, 0.3) is 0 Å². The van der Waals surface area contributed by atoms with E-state index in [2.05, 4.69) is 5.32 Å². The van der Waals surface area contributed by atoms with E-state index in [9.17, 15) is 14.8 Å². The summed E-state index contributed by atoms with van der Waals surface area (Å²) >= 11 is 6.27. The van der Waals surface area contributed by atoms with Gasteiger partial charge in [-0.05, 0) is 40.5 Å². The van der Waals surface area contributed by atoms with E-state index < -0.39 is 17.2 Å². The van der Waals surface area contributed by atoms with Crippen molar-refractivity contribution in [2.75, 3.05) is 0 Å². The number of hydrogen-bond acceptors (Lipinski definition) is 4. The topological polar surface area (TPSA) is 89.5 Å². The zero-order chi connectivity index (χ0) is 19.3. The van der Waals surface area contributed by atoms with Crippen molar-refractivity contribution in [1.29, 1.82) is 0 Å². The molecule has 1 saturated heterocycles. The van der Waals surface area contributed by atoms with Crippen molar-refractivity contribution < 1.29 is 19.9 Å². The van der Waals surface area contributed by atoms with E-state index in [0.717, 1.165) is 37.2 Å². The van der Waals surface area contributed by atoms with Crippen molar-refractivity contribution in [3.8, 4) is 0 Å². The molecule has 0 atom stereocenters. The molecule has 7 heteroatoms. The number of hydroxylamine groups is 2. The standard InChI is InChI=1S/C18H30ClN2O4/c1-17(2)16(20-18(3,4)21(17)25)15(19)13(22)11-9-7-5-6-8-10-12-14(23)24/h20H,5-12H2,1-4H3,(H,23,24)/b16-15+. The van der Waals surface area contributed by atoms with Crippen molar-refractivity contribution in [3.05, 3.63) is 10.7 Å². The maximum Gasteiger partial charge on any atom is 0.303 e. The number of allylic oxidation sites excluding steroid dienone is 1. The van der Waals surface area contributed by atoms with E-state index >= 15 is 0 Å². The number of nitrogens with one attached hydrogen (secondary N) is 1. The highest BCUT2D eigenvalue weighted by molar-refractivity contribution is 6.43. The Kier molecular flexibility index (Phi) is 7.90. The van der Waals surface area contributed by atoms with Crippen LogP contribution >= 0.6 is 11.6 Å². The van der Waals surface area contributed by atoms with E-state index in [1.54, 1.807) is 27.7 Å². The summed E-state index contributed by atoms with van der Waals surface area (Å²) in [7, 11) is 0. The van der Waals surface area contributed by atoms with Gasteiger partial charge in [-0.2, -0.15) is 0 Å². The summed E-state index contributed by atoms with van der Waals surface area (Å²) < 4.78 is 0. The van der Waals surface area contributed by atoms with E-state index in [1.165, 1.54) is 0 Å². The van der Waals surface area contributed by atoms with Crippen LogP contribution in [0, 0.1) is 0 Å². The van der Waals surface area contributed by atoms with Crippen molar-refractivity contribution in [2.24, 2.45) is 0 Å². The summed E-state index contributed by atoms with van der Waals surface area (Å²) in [5.74, 6) is -0.897. The molecule has 2 N–H and O–H groups in total. The second kappa shape index (κ2) is 9.01. The van der Waals surface area contributed by atoms with Crippen molar-refractivity contribution in [1.82, 2.24) is 10.4 Å². The summed E-state index contributed by atoms with van der Waals surface area (Å²) in [6, 6.07) is 0. The lowest BCUT2D eigenvalue weighted by atomic mass is 9.99. The summed E-state index contributed by atoms with van der Waals surface area (Å²) in [6.45, 7) is 7.02. The van der Waals surface area contributed by atoms with Crippen molar-refractivity contribution in [3.63, 3.8) is 0 Å². The first-order chi connectivity index (χ1) is 11.5. The maximum atomic E-state index is 12.3. The lowest BCUT2D eigenvalue weighted by Gasteiger charge is -2.29. The SMILES string of the molecule is CC1(C)N/C(=C(/Cl)C(=O)CCCCCCCCC(=O)O)C(C)(C)N1[O]. The first kappa shape index (κ1) is 21.9.